The zero-order valence-electron chi connectivity index (χ0n) is 13.5. The molecule has 22 heavy (non-hydrogen) atoms. The van der Waals surface area contributed by atoms with Gasteiger partial charge in [0.05, 0.1) is 26.4 Å². The molecule has 120 valence electrons. The summed E-state index contributed by atoms with van der Waals surface area (Å²) in [5.74, 6) is 2.14. The van der Waals surface area contributed by atoms with Gasteiger partial charge in [-0.3, -0.25) is 4.79 Å². The number of hydrogen-bond acceptors (Lipinski definition) is 3. The molecule has 1 aliphatic heterocycles. The SMILES string of the molecule is COc1ccc(C(CC(=O)N2CCOCC2C)C2CC2)cc1. The van der Waals surface area contributed by atoms with Crippen molar-refractivity contribution < 1.29 is 14.3 Å². The van der Waals surface area contributed by atoms with Gasteiger partial charge in [0.25, 0.3) is 0 Å². The number of carbonyl (C=O) groups excluding carboxylic acids is 1. The van der Waals surface area contributed by atoms with Gasteiger partial charge in [0, 0.05) is 13.0 Å². The van der Waals surface area contributed by atoms with Crippen LogP contribution in [-0.2, 0) is 9.53 Å². The Morgan fingerprint density at radius 3 is 2.68 bits per heavy atom. The van der Waals surface area contributed by atoms with Gasteiger partial charge in [-0.25, -0.2) is 0 Å². The lowest BCUT2D eigenvalue weighted by Crippen LogP contribution is -2.47. The number of hydrogen-bond donors (Lipinski definition) is 0. The number of nitrogens with zero attached hydrogens (tertiary/aromatic N) is 1. The first-order valence-electron chi connectivity index (χ1n) is 8.20. The van der Waals surface area contributed by atoms with Gasteiger partial charge in [-0.15, -0.1) is 0 Å². The molecule has 0 aromatic heterocycles. The van der Waals surface area contributed by atoms with Crippen molar-refractivity contribution in [3.63, 3.8) is 0 Å². The molecular formula is C18H25NO3. The van der Waals surface area contributed by atoms with E-state index in [4.69, 9.17) is 9.47 Å². The Morgan fingerprint density at radius 1 is 1.36 bits per heavy atom. The Bertz CT molecular complexity index is 510. The number of morpholine rings is 1. The molecule has 4 nitrogen and oxygen atoms in total. The molecule has 4 heteroatoms. The highest BCUT2D eigenvalue weighted by atomic mass is 16.5. The number of ether oxygens (including phenoxy) is 2. The van der Waals surface area contributed by atoms with Crippen LogP contribution in [0.4, 0.5) is 0 Å². The van der Waals surface area contributed by atoms with Gasteiger partial charge in [-0.05, 0) is 49.3 Å². The maximum atomic E-state index is 12.7. The molecule has 1 aliphatic carbocycles. The summed E-state index contributed by atoms with van der Waals surface area (Å²) in [5.41, 5.74) is 1.26. The van der Waals surface area contributed by atoms with Crippen molar-refractivity contribution in [2.75, 3.05) is 26.9 Å². The van der Waals surface area contributed by atoms with E-state index in [0.717, 1.165) is 12.3 Å². The average molecular weight is 303 g/mol. The van der Waals surface area contributed by atoms with Gasteiger partial charge in [-0.2, -0.15) is 0 Å². The highest BCUT2D eigenvalue weighted by Gasteiger charge is 2.35. The van der Waals surface area contributed by atoms with Crippen LogP contribution < -0.4 is 4.74 Å². The molecule has 1 heterocycles. The van der Waals surface area contributed by atoms with E-state index >= 15 is 0 Å². The third-order valence-electron chi connectivity index (χ3n) is 4.82. The molecule has 1 saturated heterocycles. The third-order valence-corrected chi connectivity index (χ3v) is 4.82. The van der Waals surface area contributed by atoms with Gasteiger partial charge >= 0.3 is 0 Å². The zero-order valence-corrected chi connectivity index (χ0v) is 13.5. The average Bonchev–Trinajstić information content (AvgIpc) is 3.38. The van der Waals surface area contributed by atoms with Gasteiger partial charge in [0.15, 0.2) is 0 Å². The highest BCUT2D eigenvalue weighted by Crippen LogP contribution is 2.45. The highest BCUT2D eigenvalue weighted by molar-refractivity contribution is 5.77. The van der Waals surface area contributed by atoms with Crippen LogP contribution in [0.5, 0.6) is 5.75 Å². The minimum Gasteiger partial charge on any atom is -0.497 e. The van der Waals surface area contributed by atoms with Crippen molar-refractivity contribution in [1.82, 2.24) is 4.90 Å². The van der Waals surface area contributed by atoms with E-state index in [-0.39, 0.29) is 11.9 Å². The molecule has 0 N–H and O–H groups in total. The smallest absolute Gasteiger partial charge is 0.223 e. The number of carbonyl (C=O) groups is 1. The van der Waals surface area contributed by atoms with E-state index < -0.39 is 0 Å². The van der Waals surface area contributed by atoms with E-state index in [9.17, 15) is 4.79 Å². The lowest BCUT2D eigenvalue weighted by molar-refractivity contribution is -0.139. The normalized spacial score (nSPS) is 23.2. The number of benzene rings is 1. The molecule has 3 rings (SSSR count). The van der Waals surface area contributed by atoms with Crippen LogP contribution in [0.2, 0.25) is 0 Å². The molecule has 2 unspecified atom stereocenters. The van der Waals surface area contributed by atoms with Crippen LogP contribution in [0.15, 0.2) is 24.3 Å². The molecular weight excluding hydrogens is 278 g/mol. The van der Waals surface area contributed by atoms with E-state index in [1.807, 2.05) is 17.0 Å². The standard InChI is InChI=1S/C18H25NO3/c1-13-12-22-10-9-19(13)18(20)11-17(14-3-4-14)15-5-7-16(21-2)8-6-15/h5-8,13-14,17H,3-4,9-12H2,1-2H3. The summed E-state index contributed by atoms with van der Waals surface area (Å²) in [6, 6.07) is 8.39. The molecule has 0 spiro atoms. The van der Waals surface area contributed by atoms with Crippen LogP contribution in [0.25, 0.3) is 0 Å². The first-order chi connectivity index (χ1) is 10.7. The predicted molar refractivity (Wildman–Crippen MR) is 85.1 cm³/mol. The first-order valence-corrected chi connectivity index (χ1v) is 8.20. The summed E-state index contributed by atoms with van der Waals surface area (Å²) >= 11 is 0. The Morgan fingerprint density at radius 2 is 2.09 bits per heavy atom. The predicted octanol–water partition coefficient (Wildman–Crippen LogP) is 2.83. The van der Waals surface area contributed by atoms with Gasteiger partial charge in [-0.1, -0.05) is 12.1 Å². The van der Waals surface area contributed by atoms with Crippen LogP contribution in [0.3, 0.4) is 0 Å². The second-order valence-electron chi connectivity index (χ2n) is 6.43. The minimum atomic E-state index is 0.192. The van der Waals surface area contributed by atoms with Crippen LogP contribution >= 0.6 is 0 Å². The second kappa shape index (κ2) is 6.69. The van der Waals surface area contributed by atoms with Crippen molar-refractivity contribution in [3.05, 3.63) is 29.8 Å². The fraction of sp³-hybridized carbons (Fsp3) is 0.611. The van der Waals surface area contributed by atoms with Crippen molar-refractivity contribution in [3.8, 4) is 5.75 Å². The quantitative estimate of drug-likeness (QED) is 0.839. The fourth-order valence-corrected chi connectivity index (χ4v) is 3.31. The Kier molecular flexibility index (Phi) is 4.67. The van der Waals surface area contributed by atoms with Crippen LogP contribution in [0.1, 0.15) is 37.7 Å². The monoisotopic (exact) mass is 303 g/mol. The molecule has 2 aliphatic rings. The van der Waals surface area contributed by atoms with Crippen molar-refractivity contribution in [2.24, 2.45) is 5.92 Å². The van der Waals surface area contributed by atoms with Gasteiger partial charge in [0.1, 0.15) is 5.75 Å². The van der Waals surface area contributed by atoms with Crippen molar-refractivity contribution in [1.29, 1.82) is 0 Å². The van der Waals surface area contributed by atoms with Crippen molar-refractivity contribution in [2.45, 2.75) is 38.1 Å². The zero-order chi connectivity index (χ0) is 15.5. The Balaban J connectivity index is 1.69. The van der Waals surface area contributed by atoms with E-state index in [1.54, 1.807) is 7.11 Å². The number of amides is 1. The van der Waals surface area contributed by atoms with E-state index in [1.165, 1.54) is 18.4 Å². The molecule has 2 atom stereocenters. The molecule has 1 aromatic rings. The topological polar surface area (TPSA) is 38.8 Å². The molecule has 0 bridgehead atoms. The lowest BCUT2D eigenvalue weighted by Gasteiger charge is -2.34. The molecule has 2 fully saturated rings. The Labute approximate surface area is 132 Å². The summed E-state index contributed by atoms with van der Waals surface area (Å²) in [7, 11) is 1.68. The molecule has 1 amide bonds. The molecule has 1 aromatic carbocycles. The number of rotatable bonds is 5. The Hall–Kier alpha value is -1.55. The summed E-state index contributed by atoms with van der Waals surface area (Å²) in [6.07, 6.45) is 3.09. The second-order valence-corrected chi connectivity index (χ2v) is 6.43. The first kappa shape index (κ1) is 15.3. The maximum Gasteiger partial charge on any atom is 0.223 e. The van der Waals surface area contributed by atoms with Gasteiger partial charge < -0.3 is 14.4 Å². The summed E-state index contributed by atoms with van der Waals surface area (Å²) < 4.78 is 10.7. The fourth-order valence-electron chi connectivity index (χ4n) is 3.31. The van der Waals surface area contributed by atoms with E-state index in [0.29, 0.717) is 31.5 Å². The summed E-state index contributed by atoms with van der Waals surface area (Å²) in [4.78, 5) is 14.7. The van der Waals surface area contributed by atoms with Crippen LogP contribution in [-0.4, -0.2) is 43.7 Å². The van der Waals surface area contributed by atoms with Gasteiger partial charge in [0.2, 0.25) is 5.91 Å². The summed E-state index contributed by atoms with van der Waals surface area (Å²) in [5, 5.41) is 0. The molecule has 1 saturated carbocycles. The largest absolute Gasteiger partial charge is 0.497 e. The number of methoxy groups -OCH3 is 1. The maximum absolute atomic E-state index is 12.7. The lowest BCUT2D eigenvalue weighted by atomic mass is 9.90. The van der Waals surface area contributed by atoms with Crippen molar-refractivity contribution >= 4 is 5.91 Å². The minimum absolute atomic E-state index is 0.192. The third kappa shape index (κ3) is 3.43. The van der Waals surface area contributed by atoms with Crippen LogP contribution in [0, 0.1) is 5.92 Å². The molecule has 0 radical (unpaired) electrons. The van der Waals surface area contributed by atoms with E-state index in [2.05, 4.69) is 19.1 Å². The summed E-state index contributed by atoms with van der Waals surface area (Å²) in [6.45, 7) is 4.10.